The van der Waals surface area contributed by atoms with Gasteiger partial charge in [0, 0.05) is 25.3 Å². The van der Waals surface area contributed by atoms with E-state index in [9.17, 15) is 14.9 Å². The summed E-state index contributed by atoms with van der Waals surface area (Å²) in [5.41, 5.74) is 6.84. The third-order valence-corrected chi connectivity index (χ3v) is 3.92. The van der Waals surface area contributed by atoms with Crippen LogP contribution < -0.4 is 10.6 Å². The van der Waals surface area contributed by atoms with Gasteiger partial charge in [-0.05, 0) is 25.0 Å². The van der Waals surface area contributed by atoms with E-state index in [0.717, 1.165) is 0 Å². The molecule has 10 nitrogen and oxygen atoms in total. The number of aromatic amines is 1. The lowest BCUT2D eigenvalue weighted by Crippen LogP contribution is -2.20. The second kappa shape index (κ2) is 7.98. The molecule has 1 heterocycles. The number of nitrogens with two attached hydrogens (primary N) is 1. The van der Waals surface area contributed by atoms with E-state index in [4.69, 9.17) is 11.0 Å². The number of carbonyl (C=O) groups is 1. The molecule has 0 saturated heterocycles. The van der Waals surface area contributed by atoms with E-state index in [1.165, 1.54) is 19.2 Å². The molecule has 0 saturated carbocycles. The van der Waals surface area contributed by atoms with E-state index in [0.29, 0.717) is 36.3 Å². The Hall–Kier alpha value is -3.61. The summed E-state index contributed by atoms with van der Waals surface area (Å²) < 4.78 is 4.61. The first-order valence-corrected chi connectivity index (χ1v) is 7.69. The van der Waals surface area contributed by atoms with Gasteiger partial charge in [0.2, 0.25) is 0 Å². The largest absolute Gasteiger partial charge is 0.465 e. The highest BCUT2D eigenvalue weighted by atomic mass is 16.6. The van der Waals surface area contributed by atoms with E-state index in [1.807, 2.05) is 11.0 Å². The summed E-state index contributed by atoms with van der Waals surface area (Å²) in [6.45, 7) is 0.586. The van der Waals surface area contributed by atoms with Gasteiger partial charge in [0.15, 0.2) is 5.82 Å². The molecule has 1 aromatic heterocycles. The second-order valence-electron chi connectivity index (χ2n) is 5.55. The molecule has 3 N–H and O–H groups in total. The Labute approximate surface area is 149 Å². The summed E-state index contributed by atoms with van der Waals surface area (Å²) in [6, 6.07) is 6.29. The molecule has 1 aromatic carbocycles. The Balaban J connectivity index is 2.09. The van der Waals surface area contributed by atoms with Crippen LogP contribution in [0.4, 0.5) is 17.2 Å². The molecule has 0 aliphatic rings. The van der Waals surface area contributed by atoms with Gasteiger partial charge in [-0.2, -0.15) is 10.4 Å². The summed E-state index contributed by atoms with van der Waals surface area (Å²) in [7, 11) is 2.97. The monoisotopic (exact) mass is 358 g/mol. The molecule has 10 heteroatoms. The number of ether oxygens (including phenoxy) is 1. The first-order chi connectivity index (χ1) is 12.4. The first-order valence-electron chi connectivity index (χ1n) is 7.69. The van der Waals surface area contributed by atoms with E-state index in [-0.39, 0.29) is 17.1 Å². The lowest BCUT2D eigenvalue weighted by Gasteiger charge is -2.19. The highest BCUT2D eigenvalue weighted by molar-refractivity contribution is 5.95. The minimum Gasteiger partial charge on any atom is -0.465 e. The second-order valence-corrected chi connectivity index (χ2v) is 5.55. The van der Waals surface area contributed by atoms with Crippen LogP contribution >= 0.6 is 0 Å². The maximum Gasteiger partial charge on any atom is 0.344 e. The number of aryl methyl sites for hydroxylation is 1. The van der Waals surface area contributed by atoms with Crippen molar-refractivity contribution < 1.29 is 14.5 Å². The minimum atomic E-state index is -0.765. The predicted octanol–water partition coefficient (Wildman–Crippen LogP) is 1.63. The van der Waals surface area contributed by atoms with Crippen molar-refractivity contribution in [3.63, 3.8) is 0 Å². The molecule has 0 spiro atoms. The SMILES string of the molecule is COC(=O)c1cc(N(C)CCCc2[nH]nc(N)c2C#N)ccc1[N+](=O)[O-]. The van der Waals surface area contributed by atoms with Crippen molar-refractivity contribution in [1.29, 1.82) is 5.26 Å². The van der Waals surface area contributed by atoms with Crippen LogP contribution in [0.2, 0.25) is 0 Å². The van der Waals surface area contributed by atoms with Gasteiger partial charge < -0.3 is 15.4 Å². The summed E-state index contributed by atoms with van der Waals surface area (Å²) >= 11 is 0. The average molecular weight is 358 g/mol. The van der Waals surface area contributed by atoms with Crippen LogP contribution in [0.25, 0.3) is 0 Å². The number of hydrogen-bond acceptors (Lipinski definition) is 8. The lowest BCUT2D eigenvalue weighted by atomic mass is 10.1. The minimum absolute atomic E-state index is 0.102. The third-order valence-electron chi connectivity index (χ3n) is 3.92. The van der Waals surface area contributed by atoms with Gasteiger partial charge in [0.05, 0.1) is 17.7 Å². The van der Waals surface area contributed by atoms with Crippen molar-refractivity contribution in [1.82, 2.24) is 10.2 Å². The maximum atomic E-state index is 11.8. The summed E-state index contributed by atoms with van der Waals surface area (Å²) in [4.78, 5) is 24.1. The number of hydrogen-bond donors (Lipinski definition) is 2. The summed E-state index contributed by atoms with van der Waals surface area (Å²) in [6.07, 6.45) is 1.24. The van der Waals surface area contributed by atoms with Crippen LogP contribution in [-0.4, -0.2) is 41.8 Å². The lowest BCUT2D eigenvalue weighted by molar-refractivity contribution is -0.385. The molecule has 0 bridgehead atoms. The van der Waals surface area contributed by atoms with Gasteiger partial charge in [-0.1, -0.05) is 0 Å². The maximum absolute atomic E-state index is 11.8. The molecule has 2 rings (SSSR count). The van der Waals surface area contributed by atoms with Gasteiger partial charge >= 0.3 is 5.97 Å². The molecule has 136 valence electrons. The molecule has 0 radical (unpaired) electrons. The molecular formula is C16H18N6O4. The number of nitriles is 1. The van der Waals surface area contributed by atoms with Crippen molar-refractivity contribution >= 4 is 23.2 Å². The summed E-state index contributed by atoms with van der Waals surface area (Å²) in [5.74, 6) is -0.590. The van der Waals surface area contributed by atoms with Gasteiger partial charge in [-0.3, -0.25) is 15.2 Å². The number of aromatic nitrogens is 2. The topological polar surface area (TPSA) is 151 Å². The fourth-order valence-electron chi connectivity index (χ4n) is 2.52. The molecule has 0 amide bonds. The predicted molar refractivity (Wildman–Crippen MR) is 93.7 cm³/mol. The quantitative estimate of drug-likeness (QED) is 0.430. The Morgan fingerprint density at radius 2 is 2.27 bits per heavy atom. The Morgan fingerprint density at radius 3 is 2.88 bits per heavy atom. The molecule has 26 heavy (non-hydrogen) atoms. The average Bonchev–Trinajstić information content (AvgIpc) is 2.99. The number of methoxy groups -OCH3 is 1. The van der Waals surface area contributed by atoms with Crippen LogP contribution in [0.5, 0.6) is 0 Å². The molecule has 2 aromatic rings. The Morgan fingerprint density at radius 1 is 1.54 bits per heavy atom. The zero-order chi connectivity index (χ0) is 19.3. The van der Waals surface area contributed by atoms with Crippen molar-refractivity contribution in [2.45, 2.75) is 12.8 Å². The van der Waals surface area contributed by atoms with Gasteiger partial charge in [0.25, 0.3) is 5.69 Å². The normalized spacial score (nSPS) is 10.2. The fraction of sp³-hybridized carbons (Fsp3) is 0.312. The number of benzene rings is 1. The highest BCUT2D eigenvalue weighted by Crippen LogP contribution is 2.25. The van der Waals surface area contributed by atoms with Crippen molar-refractivity contribution in [3.8, 4) is 6.07 Å². The van der Waals surface area contributed by atoms with Crippen molar-refractivity contribution in [3.05, 3.63) is 45.1 Å². The van der Waals surface area contributed by atoms with Crippen molar-refractivity contribution in [2.75, 3.05) is 31.3 Å². The number of H-pyrrole nitrogens is 1. The van der Waals surface area contributed by atoms with Gasteiger partial charge in [-0.25, -0.2) is 4.79 Å². The number of nitrogens with zero attached hydrogens (tertiary/aromatic N) is 4. The van der Waals surface area contributed by atoms with Crippen LogP contribution in [0.3, 0.4) is 0 Å². The standard InChI is InChI=1S/C16H18N6O4/c1-21(7-3-4-13-12(9-17)15(18)20-19-13)10-5-6-14(22(24)25)11(8-10)16(23)26-2/h5-6,8H,3-4,7H2,1-2H3,(H3,18,19,20). The summed E-state index contributed by atoms with van der Waals surface area (Å²) in [5, 5.41) is 26.7. The van der Waals surface area contributed by atoms with Gasteiger partial charge in [-0.15, -0.1) is 0 Å². The zero-order valence-electron chi connectivity index (χ0n) is 14.4. The van der Waals surface area contributed by atoms with Crippen molar-refractivity contribution in [2.24, 2.45) is 0 Å². The Bertz CT molecular complexity index is 870. The van der Waals surface area contributed by atoms with E-state index in [2.05, 4.69) is 14.9 Å². The van der Waals surface area contributed by atoms with Crippen LogP contribution in [0.1, 0.15) is 28.0 Å². The number of carbonyl (C=O) groups excluding carboxylic acids is 1. The number of rotatable bonds is 7. The van der Waals surface area contributed by atoms with Crippen LogP contribution in [0, 0.1) is 21.4 Å². The number of anilines is 2. The smallest absolute Gasteiger partial charge is 0.344 e. The fourth-order valence-corrected chi connectivity index (χ4v) is 2.52. The van der Waals surface area contributed by atoms with E-state index in [1.54, 1.807) is 13.1 Å². The first kappa shape index (κ1) is 18.7. The molecule has 0 unspecified atom stereocenters. The number of nitrogen functional groups attached to an aromatic ring is 1. The third kappa shape index (κ3) is 3.89. The van der Waals surface area contributed by atoms with E-state index >= 15 is 0 Å². The highest BCUT2D eigenvalue weighted by Gasteiger charge is 2.22. The molecule has 0 aliphatic heterocycles. The number of nitrogens with one attached hydrogen (secondary N) is 1. The van der Waals surface area contributed by atoms with Gasteiger partial charge in [0.1, 0.15) is 17.2 Å². The Kier molecular flexibility index (Phi) is 5.74. The molecule has 0 atom stereocenters. The number of esters is 1. The molecule has 0 aliphatic carbocycles. The van der Waals surface area contributed by atoms with Crippen LogP contribution in [0.15, 0.2) is 18.2 Å². The zero-order valence-corrected chi connectivity index (χ0v) is 14.4. The number of nitro groups is 1. The van der Waals surface area contributed by atoms with E-state index < -0.39 is 10.9 Å². The molecular weight excluding hydrogens is 340 g/mol. The number of nitro benzene ring substituents is 1. The molecule has 0 fully saturated rings. The van der Waals surface area contributed by atoms with Crippen LogP contribution in [-0.2, 0) is 11.2 Å².